The molecule has 0 aliphatic heterocycles. The van der Waals surface area contributed by atoms with Gasteiger partial charge in [0.15, 0.2) is 4.34 Å². The van der Waals surface area contributed by atoms with Gasteiger partial charge in [0.2, 0.25) is 5.91 Å². The standard InChI is InChI=1S/C13H14FN3OS2/c1-8(19-13-17-16-9(2)20-13)12(18)15-7-10-3-5-11(14)6-4-10/h3-6,8H,7H2,1-2H3,(H,15,18)/t8-/m1/s1. The zero-order chi connectivity index (χ0) is 14.5. The van der Waals surface area contributed by atoms with Crippen LogP contribution in [0.2, 0.25) is 0 Å². The van der Waals surface area contributed by atoms with Crippen LogP contribution in [0.5, 0.6) is 0 Å². The Kier molecular flexibility index (Phi) is 5.08. The Morgan fingerprint density at radius 2 is 2.10 bits per heavy atom. The molecule has 1 aromatic heterocycles. The lowest BCUT2D eigenvalue weighted by molar-refractivity contribution is -0.120. The summed E-state index contributed by atoms with van der Waals surface area (Å²) in [6.07, 6.45) is 0. The van der Waals surface area contributed by atoms with Crippen molar-refractivity contribution in [2.45, 2.75) is 30.0 Å². The molecule has 0 spiro atoms. The monoisotopic (exact) mass is 311 g/mol. The summed E-state index contributed by atoms with van der Waals surface area (Å²) < 4.78 is 13.5. The molecule has 0 bridgehead atoms. The van der Waals surface area contributed by atoms with E-state index < -0.39 is 0 Å². The van der Waals surface area contributed by atoms with Crippen LogP contribution in [0.3, 0.4) is 0 Å². The maximum atomic E-state index is 12.8. The van der Waals surface area contributed by atoms with E-state index in [4.69, 9.17) is 0 Å². The molecule has 0 saturated carbocycles. The average Bonchev–Trinajstić information content (AvgIpc) is 2.83. The first kappa shape index (κ1) is 14.9. The number of halogens is 1. The topological polar surface area (TPSA) is 54.9 Å². The van der Waals surface area contributed by atoms with E-state index in [-0.39, 0.29) is 17.0 Å². The fourth-order valence-electron chi connectivity index (χ4n) is 1.47. The van der Waals surface area contributed by atoms with E-state index in [1.807, 2.05) is 13.8 Å². The van der Waals surface area contributed by atoms with Gasteiger partial charge in [-0.25, -0.2) is 4.39 Å². The second-order valence-electron chi connectivity index (χ2n) is 4.19. The minimum Gasteiger partial charge on any atom is -0.351 e. The van der Waals surface area contributed by atoms with E-state index in [0.29, 0.717) is 6.54 Å². The van der Waals surface area contributed by atoms with Gasteiger partial charge in [-0.05, 0) is 31.5 Å². The van der Waals surface area contributed by atoms with Crippen LogP contribution in [0.15, 0.2) is 28.6 Å². The summed E-state index contributed by atoms with van der Waals surface area (Å²) in [5.74, 6) is -0.359. The van der Waals surface area contributed by atoms with Crippen LogP contribution in [0.25, 0.3) is 0 Å². The fourth-order valence-corrected chi connectivity index (χ4v) is 3.45. The molecule has 4 nitrogen and oxygen atoms in total. The van der Waals surface area contributed by atoms with Gasteiger partial charge in [0.25, 0.3) is 0 Å². The Morgan fingerprint density at radius 3 is 2.70 bits per heavy atom. The van der Waals surface area contributed by atoms with Gasteiger partial charge in [0.05, 0.1) is 5.25 Å². The second kappa shape index (κ2) is 6.81. The maximum Gasteiger partial charge on any atom is 0.233 e. The van der Waals surface area contributed by atoms with Crippen LogP contribution < -0.4 is 5.32 Å². The molecule has 1 aromatic carbocycles. The number of amides is 1. The molecule has 0 aliphatic rings. The van der Waals surface area contributed by atoms with Gasteiger partial charge in [-0.3, -0.25) is 4.79 Å². The molecule has 2 aromatic rings. The molecule has 1 heterocycles. The number of hydrogen-bond acceptors (Lipinski definition) is 5. The lowest BCUT2D eigenvalue weighted by Gasteiger charge is -2.10. The molecule has 20 heavy (non-hydrogen) atoms. The molecule has 0 aliphatic carbocycles. The lowest BCUT2D eigenvalue weighted by Crippen LogP contribution is -2.30. The van der Waals surface area contributed by atoms with Crippen LogP contribution in [0, 0.1) is 12.7 Å². The van der Waals surface area contributed by atoms with Crippen molar-refractivity contribution < 1.29 is 9.18 Å². The fraction of sp³-hybridized carbons (Fsp3) is 0.308. The number of nitrogens with one attached hydrogen (secondary N) is 1. The zero-order valence-corrected chi connectivity index (χ0v) is 12.7. The predicted octanol–water partition coefficient (Wildman–Crippen LogP) is 2.78. The van der Waals surface area contributed by atoms with Crippen LogP contribution in [-0.2, 0) is 11.3 Å². The Labute approximate surface area is 124 Å². The third kappa shape index (κ3) is 4.28. The normalized spacial score (nSPS) is 12.2. The minimum absolute atomic E-state index is 0.0767. The van der Waals surface area contributed by atoms with E-state index in [2.05, 4.69) is 15.5 Å². The quantitative estimate of drug-likeness (QED) is 0.863. The van der Waals surface area contributed by atoms with Crippen molar-refractivity contribution in [2.24, 2.45) is 0 Å². The summed E-state index contributed by atoms with van der Waals surface area (Å²) in [6, 6.07) is 6.07. The van der Waals surface area contributed by atoms with Crippen molar-refractivity contribution in [2.75, 3.05) is 0 Å². The Bertz CT molecular complexity index is 586. The van der Waals surface area contributed by atoms with E-state index in [1.165, 1.54) is 35.2 Å². The van der Waals surface area contributed by atoms with E-state index in [9.17, 15) is 9.18 Å². The summed E-state index contributed by atoms with van der Waals surface area (Å²) in [7, 11) is 0. The van der Waals surface area contributed by atoms with Crippen molar-refractivity contribution in [1.82, 2.24) is 15.5 Å². The van der Waals surface area contributed by atoms with Gasteiger partial charge in [-0.15, -0.1) is 10.2 Å². The summed E-state index contributed by atoms with van der Waals surface area (Å²) in [5.41, 5.74) is 0.865. The van der Waals surface area contributed by atoms with Gasteiger partial charge >= 0.3 is 0 Å². The number of aryl methyl sites for hydroxylation is 1. The number of rotatable bonds is 5. The number of carbonyl (C=O) groups excluding carboxylic acids is 1. The van der Waals surface area contributed by atoms with Crippen molar-refractivity contribution in [1.29, 1.82) is 0 Å². The SMILES string of the molecule is Cc1nnc(S[C@H](C)C(=O)NCc2ccc(F)cc2)s1. The minimum atomic E-state index is -0.282. The average molecular weight is 311 g/mol. The maximum absolute atomic E-state index is 12.8. The molecule has 0 saturated heterocycles. The molecule has 1 N–H and O–H groups in total. The van der Waals surface area contributed by atoms with E-state index in [1.54, 1.807) is 12.1 Å². The lowest BCUT2D eigenvalue weighted by atomic mass is 10.2. The van der Waals surface area contributed by atoms with Crippen LogP contribution in [0.1, 0.15) is 17.5 Å². The highest BCUT2D eigenvalue weighted by Gasteiger charge is 2.16. The molecule has 0 radical (unpaired) electrons. The number of nitrogens with zero attached hydrogens (tertiary/aromatic N) is 2. The van der Waals surface area contributed by atoms with Gasteiger partial charge in [-0.1, -0.05) is 35.2 Å². The molecule has 0 fully saturated rings. The number of hydrogen-bond donors (Lipinski definition) is 1. The third-order valence-electron chi connectivity index (χ3n) is 2.53. The van der Waals surface area contributed by atoms with Crippen LogP contribution in [-0.4, -0.2) is 21.4 Å². The number of benzene rings is 1. The highest BCUT2D eigenvalue weighted by Crippen LogP contribution is 2.26. The van der Waals surface area contributed by atoms with Crippen LogP contribution in [0.4, 0.5) is 4.39 Å². The molecule has 0 unspecified atom stereocenters. The molecule has 1 atom stereocenters. The van der Waals surface area contributed by atoms with Crippen molar-refractivity contribution >= 4 is 29.0 Å². The molecule has 106 valence electrons. The van der Waals surface area contributed by atoms with Crippen molar-refractivity contribution in [3.8, 4) is 0 Å². The third-order valence-corrected chi connectivity index (χ3v) is 4.56. The van der Waals surface area contributed by atoms with E-state index >= 15 is 0 Å². The first-order chi connectivity index (χ1) is 9.54. The predicted molar refractivity (Wildman–Crippen MR) is 78.2 cm³/mol. The molecular formula is C13H14FN3OS2. The van der Waals surface area contributed by atoms with E-state index in [0.717, 1.165) is 14.9 Å². The van der Waals surface area contributed by atoms with Gasteiger partial charge in [0.1, 0.15) is 10.8 Å². The number of aromatic nitrogens is 2. The second-order valence-corrected chi connectivity index (χ2v) is 6.96. The first-order valence-electron chi connectivity index (χ1n) is 6.03. The summed E-state index contributed by atoms with van der Waals surface area (Å²) in [6.45, 7) is 4.08. The summed E-state index contributed by atoms with van der Waals surface area (Å²) in [5, 5.41) is 11.3. The van der Waals surface area contributed by atoms with Gasteiger partial charge < -0.3 is 5.32 Å². The van der Waals surface area contributed by atoms with Crippen molar-refractivity contribution in [3.05, 3.63) is 40.7 Å². The highest BCUT2D eigenvalue weighted by molar-refractivity contribution is 8.02. The summed E-state index contributed by atoms with van der Waals surface area (Å²) in [4.78, 5) is 11.9. The number of thioether (sulfide) groups is 1. The van der Waals surface area contributed by atoms with Crippen LogP contribution >= 0.6 is 23.1 Å². The zero-order valence-electron chi connectivity index (χ0n) is 11.1. The molecule has 7 heteroatoms. The summed E-state index contributed by atoms with van der Waals surface area (Å²) >= 11 is 2.85. The Balaban J connectivity index is 1.83. The largest absolute Gasteiger partial charge is 0.351 e. The first-order valence-corrected chi connectivity index (χ1v) is 7.73. The number of carbonyl (C=O) groups is 1. The molecular weight excluding hydrogens is 297 g/mol. The highest BCUT2D eigenvalue weighted by atomic mass is 32.2. The smallest absolute Gasteiger partial charge is 0.233 e. The van der Waals surface area contributed by atoms with Crippen molar-refractivity contribution in [3.63, 3.8) is 0 Å². The Morgan fingerprint density at radius 1 is 1.40 bits per heavy atom. The van der Waals surface area contributed by atoms with Gasteiger partial charge in [-0.2, -0.15) is 0 Å². The van der Waals surface area contributed by atoms with Gasteiger partial charge in [0, 0.05) is 6.54 Å². The molecule has 2 rings (SSSR count). The molecule has 1 amide bonds. The Hall–Kier alpha value is -1.47.